The number of methoxy groups -OCH3 is 1. The van der Waals surface area contributed by atoms with Crippen molar-refractivity contribution in [2.45, 2.75) is 38.7 Å². The van der Waals surface area contributed by atoms with Crippen LogP contribution >= 0.6 is 0 Å². The SMILES string of the molecule is COc1cc(CCNC(=O)c2nn(-c3ccc(F)cc3)c3c2CCCC3)ccc1OC(F)F. The average Bonchev–Trinajstić information content (AvgIpc) is 3.20. The number of rotatable bonds is 8. The highest BCUT2D eigenvalue weighted by atomic mass is 19.3. The normalized spacial score (nSPS) is 13.0. The molecule has 2 aromatic carbocycles. The lowest BCUT2D eigenvalue weighted by Gasteiger charge is -2.14. The lowest BCUT2D eigenvalue weighted by atomic mass is 9.95. The van der Waals surface area contributed by atoms with E-state index in [1.807, 2.05) is 0 Å². The molecule has 174 valence electrons. The van der Waals surface area contributed by atoms with Crippen LogP contribution in [0.3, 0.4) is 0 Å². The number of carbonyl (C=O) groups is 1. The van der Waals surface area contributed by atoms with Gasteiger partial charge in [0, 0.05) is 17.8 Å². The lowest BCUT2D eigenvalue weighted by Crippen LogP contribution is -2.27. The maximum atomic E-state index is 13.3. The van der Waals surface area contributed by atoms with Crippen LogP contribution in [0.1, 0.15) is 40.2 Å². The molecule has 9 heteroatoms. The molecular formula is C24H24F3N3O3. The van der Waals surface area contributed by atoms with E-state index in [0.717, 1.165) is 42.5 Å². The van der Waals surface area contributed by atoms with Gasteiger partial charge in [0.2, 0.25) is 0 Å². The monoisotopic (exact) mass is 459 g/mol. The topological polar surface area (TPSA) is 65.4 Å². The number of nitrogens with zero attached hydrogens (tertiary/aromatic N) is 2. The molecule has 0 aliphatic heterocycles. The van der Waals surface area contributed by atoms with Crippen LogP contribution in [0.25, 0.3) is 5.69 Å². The molecule has 0 atom stereocenters. The summed E-state index contributed by atoms with van der Waals surface area (Å²) in [5.74, 6) is -0.453. The van der Waals surface area contributed by atoms with Gasteiger partial charge in [0.15, 0.2) is 17.2 Å². The van der Waals surface area contributed by atoms with E-state index in [2.05, 4.69) is 15.2 Å². The van der Waals surface area contributed by atoms with Crippen molar-refractivity contribution in [3.8, 4) is 17.2 Å². The van der Waals surface area contributed by atoms with Crippen molar-refractivity contribution in [2.75, 3.05) is 13.7 Å². The van der Waals surface area contributed by atoms with E-state index in [-0.39, 0.29) is 23.2 Å². The Bertz CT molecular complexity index is 1130. The first-order valence-electron chi connectivity index (χ1n) is 10.7. The summed E-state index contributed by atoms with van der Waals surface area (Å²) in [6, 6.07) is 10.7. The summed E-state index contributed by atoms with van der Waals surface area (Å²) < 4.78 is 49.6. The van der Waals surface area contributed by atoms with Gasteiger partial charge in [-0.05, 0) is 74.1 Å². The molecule has 1 amide bonds. The largest absolute Gasteiger partial charge is 0.493 e. The van der Waals surface area contributed by atoms with Gasteiger partial charge >= 0.3 is 6.61 Å². The molecule has 0 unspecified atom stereocenters. The van der Waals surface area contributed by atoms with Crippen molar-refractivity contribution in [1.29, 1.82) is 0 Å². The summed E-state index contributed by atoms with van der Waals surface area (Å²) in [4.78, 5) is 12.9. The zero-order chi connectivity index (χ0) is 23.4. The standard InChI is InChI=1S/C24H24F3N3O3/c1-32-21-14-15(6-11-20(21)33-24(26)27)12-13-28-23(31)22-18-4-2-3-5-19(18)30(29-22)17-9-7-16(25)8-10-17/h6-11,14,24H,2-5,12-13H2,1H3,(H,28,31). The molecule has 0 saturated carbocycles. The van der Waals surface area contributed by atoms with Gasteiger partial charge in [-0.1, -0.05) is 6.07 Å². The number of amides is 1. The second kappa shape index (κ2) is 9.97. The molecule has 1 aliphatic carbocycles. The fourth-order valence-corrected chi connectivity index (χ4v) is 4.04. The summed E-state index contributed by atoms with van der Waals surface area (Å²) in [5.41, 5.74) is 3.81. The number of alkyl halides is 2. The number of halogens is 3. The molecule has 6 nitrogen and oxygen atoms in total. The Morgan fingerprint density at radius 1 is 1.12 bits per heavy atom. The second-order valence-corrected chi connectivity index (χ2v) is 7.74. The van der Waals surface area contributed by atoms with Gasteiger partial charge < -0.3 is 14.8 Å². The average molecular weight is 459 g/mol. The summed E-state index contributed by atoms with van der Waals surface area (Å²) in [7, 11) is 1.37. The van der Waals surface area contributed by atoms with Crippen molar-refractivity contribution in [2.24, 2.45) is 0 Å². The zero-order valence-corrected chi connectivity index (χ0v) is 18.1. The van der Waals surface area contributed by atoms with Crippen molar-refractivity contribution in [1.82, 2.24) is 15.1 Å². The Hall–Kier alpha value is -3.49. The molecule has 0 bridgehead atoms. The fraction of sp³-hybridized carbons (Fsp3) is 0.333. The maximum absolute atomic E-state index is 13.3. The Labute approximate surface area is 189 Å². The van der Waals surface area contributed by atoms with Crippen molar-refractivity contribution < 1.29 is 27.4 Å². The first-order valence-corrected chi connectivity index (χ1v) is 10.7. The van der Waals surface area contributed by atoms with E-state index in [1.165, 1.54) is 25.3 Å². The number of fused-ring (bicyclic) bond motifs is 1. The van der Waals surface area contributed by atoms with Gasteiger partial charge in [-0.3, -0.25) is 4.79 Å². The van der Waals surface area contributed by atoms with Crippen LogP contribution in [0.15, 0.2) is 42.5 Å². The first kappa shape index (κ1) is 22.7. The number of nitrogens with one attached hydrogen (secondary N) is 1. The van der Waals surface area contributed by atoms with Crippen LogP contribution in [0, 0.1) is 5.82 Å². The molecule has 0 saturated heterocycles. The lowest BCUT2D eigenvalue weighted by molar-refractivity contribution is -0.0512. The molecule has 0 fully saturated rings. The Morgan fingerprint density at radius 3 is 2.61 bits per heavy atom. The third kappa shape index (κ3) is 5.13. The fourth-order valence-electron chi connectivity index (χ4n) is 4.04. The summed E-state index contributed by atoms with van der Waals surface area (Å²) in [5, 5.41) is 7.45. The summed E-state index contributed by atoms with van der Waals surface area (Å²) in [6.45, 7) is -2.61. The molecule has 1 aromatic heterocycles. The minimum atomic E-state index is -2.94. The Balaban J connectivity index is 1.46. The minimum absolute atomic E-state index is 0.0433. The quantitative estimate of drug-likeness (QED) is 0.540. The van der Waals surface area contributed by atoms with Gasteiger partial charge in [0.05, 0.1) is 12.8 Å². The van der Waals surface area contributed by atoms with Gasteiger partial charge in [0.25, 0.3) is 5.91 Å². The highest BCUT2D eigenvalue weighted by Gasteiger charge is 2.25. The highest BCUT2D eigenvalue weighted by molar-refractivity contribution is 5.94. The molecule has 0 radical (unpaired) electrons. The van der Waals surface area contributed by atoms with Crippen LogP contribution in [0.2, 0.25) is 0 Å². The third-order valence-electron chi connectivity index (χ3n) is 5.61. The van der Waals surface area contributed by atoms with Gasteiger partial charge in [-0.25, -0.2) is 9.07 Å². The minimum Gasteiger partial charge on any atom is -0.493 e. The second-order valence-electron chi connectivity index (χ2n) is 7.74. The molecule has 3 aromatic rings. The van der Waals surface area contributed by atoms with Crippen LogP contribution in [0.4, 0.5) is 13.2 Å². The molecule has 33 heavy (non-hydrogen) atoms. The first-order chi connectivity index (χ1) is 16.0. The number of aromatic nitrogens is 2. The zero-order valence-electron chi connectivity index (χ0n) is 18.1. The molecular weight excluding hydrogens is 435 g/mol. The van der Waals surface area contributed by atoms with E-state index < -0.39 is 6.61 Å². The predicted octanol–water partition coefficient (Wildman–Crippen LogP) is 4.47. The number of benzene rings is 2. The van der Waals surface area contributed by atoms with Crippen molar-refractivity contribution >= 4 is 5.91 Å². The van der Waals surface area contributed by atoms with Crippen LogP contribution < -0.4 is 14.8 Å². The third-order valence-corrected chi connectivity index (χ3v) is 5.61. The van der Waals surface area contributed by atoms with E-state index in [9.17, 15) is 18.0 Å². The Kier molecular flexibility index (Phi) is 6.86. The van der Waals surface area contributed by atoms with Crippen LogP contribution in [0.5, 0.6) is 11.5 Å². The van der Waals surface area contributed by atoms with Crippen molar-refractivity contribution in [3.05, 3.63) is 70.8 Å². The van der Waals surface area contributed by atoms with Gasteiger partial charge in [-0.15, -0.1) is 0 Å². The Morgan fingerprint density at radius 2 is 1.88 bits per heavy atom. The molecule has 4 rings (SSSR count). The molecule has 1 aliphatic rings. The molecule has 0 spiro atoms. The predicted molar refractivity (Wildman–Crippen MR) is 116 cm³/mol. The number of carbonyl (C=O) groups excluding carboxylic acids is 1. The number of ether oxygens (including phenoxy) is 2. The number of hydrogen-bond acceptors (Lipinski definition) is 4. The highest BCUT2D eigenvalue weighted by Crippen LogP contribution is 2.30. The van der Waals surface area contributed by atoms with E-state index in [0.29, 0.717) is 24.3 Å². The van der Waals surface area contributed by atoms with Crippen LogP contribution in [-0.2, 0) is 19.3 Å². The van der Waals surface area contributed by atoms with E-state index >= 15 is 0 Å². The van der Waals surface area contributed by atoms with Crippen LogP contribution in [-0.4, -0.2) is 36.0 Å². The van der Waals surface area contributed by atoms with Crippen molar-refractivity contribution in [3.63, 3.8) is 0 Å². The summed E-state index contributed by atoms with van der Waals surface area (Å²) >= 11 is 0. The smallest absolute Gasteiger partial charge is 0.387 e. The maximum Gasteiger partial charge on any atom is 0.387 e. The van der Waals surface area contributed by atoms with Gasteiger partial charge in [-0.2, -0.15) is 13.9 Å². The molecule has 1 heterocycles. The summed E-state index contributed by atoms with van der Waals surface area (Å²) in [6.07, 6.45) is 4.03. The van der Waals surface area contributed by atoms with E-state index in [4.69, 9.17) is 4.74 Å². The molecule has 1 N–H and O–H groups in total. The van der Waals surface area contributed by atoms with E-state index in [1.54, 1.807) is 28.9 Å². The number of hydrogen-bond donors (Lipinski definition) is 1. The van der Waals surface area contributed by atoms with Gasteiger partial charge in [0.1, 0.15) is 5.82 Å².